The Labute approximate surface area is 128 Å². The molecule has 0 atom stereocenters. The highest BCUT2D eigenvalue weighted by atomic mass is 32.2. The Bertz CT molecular complexity index is 444. The van der Waals surface area contributed by atoms with E-state index in [0.717, 1.165) is 12.8 Å². The van der Waals surface area contributed by atoms with Gasteiger partial charge >= 0.3 is 0 Å². The van der Waals surface area contributed by atoms with Gasteiger partial charge < -0.3 is 5.73 Å². The number of nitrogens with two attached hydrogens (primary N) is 1. The quantitative estimate of drug-likeness (QED) is 0.764. The third kappa shape index (κ3) is 5.30. The van der Waals surface area contributed by atoms with E-state index in [1.165, 1.54) is 0 Å². The van der Waals surface area contributed by atoms with E-state index in [4.69, 9.17) is 18.0 Å². The van der Waals surface area contributed by atoms with Gasteiger partial charge in [-0.05, 0) is 43.4 Å². The van der Waals surface area contributed by atoms with Crippen LogP contribution in [0.15, 0.2) is 0 Å². The molecular weight excluding hydrogens is 292 g/mol. The van der Waals surface area contributed by atoms with Gasteiger partial charge in [0.05, 0.1) is 16.3 Å². The fourth-order valence-corrected chi connectivity index (χ4v) is 4.66. The van der Waals surface area contributed by atoms with Gasteiger partial charge in [0.15, 0.2) is 0 Å². The van der Waals surface area contributed by atoms with Gasteiger partial charge in [0, 0.05) is 0 Å². The van der Waals surface area contributed by atoms with Crippen LogP contribution in [0.4, 0.5) is 0 Å². The Morgan fingerprint density at radius 2 is 1.85 bits per heavy atom. The fourth-order valence-electron chi connectivity index (χ4n) is 2.44. The summed E-state index contributed by atoms with van der Waals surface area (Å²) in [6.45, 7) is 8.29. The first kappa shape index (κ1) is 17.9. The van der Waals surface area contributed by atoms with Gasteiger partial charge in [0.1, 0.15) is 0 Å². The number of rotatable bonds is 5. The number of hydrogen-bond acceptors (Lipinski definition) is 3. The molecule has 0 unspecified atom stereocenters. The average Bonchev–Trinajstić information content (AvgIpc) is 2.29. The van der Waals surface area contributed by atoms with Crippen LogP contribution in [-0.4, -0.2) is 24.7 Å². The van der Waals surface area contributed by atoms with Crippen molar-refractivity contribution in [2.75, 3.05) is 5.75 Å². The van der Waals surface area contributed by atoms with Crippen molar-refractivity contribution in [2.24, 2.45) is 17.1 Å². The summed E-state index contributed by atoms with van der Waals surface area (Å²) in [5, 5.41) is 0. The lowest BCUT2D eigenvalue weighted by Gasteiger charge is -2.39. The van der Waals surface area contributed by atoms with Crippen LogP contribution in [0.3, 0.4) is 0 Å². The van der Waals surface area contributed by atoms with E-state index in [2.05, 4.69) is 11.6 Å². The molecule has 0 spiro atoms. The van der Waals surface area contributed by atoms with Gasteiger partial charge in [-0.25, -0.2) is 13.1 Å². The van der Waals surface area contributed by atoms with Gasteiger partial charge in [-0.15, -0.1) is 0 Å². The maximum atomic E-state index is 12.3. The SMILES string of the molecule is CC1CCC(NS(=O)(=O)CCC(C)(C)C)(C(N)=S)CC1. The maximum absolute atomic E-state index is 12.3. The topological polar surface area (TPSA) is 72.2 Å². The third-order valence-corrected chi connectivity index (χ3v) is 5.91. The van der Waals surface area contributed by atoms with Crippen molar-refractivity contribution in [3.63, 3.8) is 0 Å². The third-order valence-electron chi connectivity index (χ3n) is 4.07. The largest absolute Gasteiger partial charge is 0.392 e. The summed E-state index contributed by atoms with van der Waals surface area (Å²) in [7, 11) is -3.35. The van der Waals surface area contributed by atoms with Crippen LogP contribution < -0.4 is 10.5 Å². The first-order valence-corrected chi connectivity index (χ1v) is 9.33. The highest BCUT2D eigenvalue weighted by Crippen LogP contribution is 2.33. The van der Waals surface area contributed by atoms with Crippen LogP contribution in [0.5, 0.6) is 0 Å². The molecule has 3 N–H and O–H groups in total. The minimum Gasteiger partial charge on any atom is -0.392 e. The van der Waals surface area contributed by atoms with Crippen LogP contribution >= 0.6 is 12.2 Å². The van der Waals surface area contributed by atoms with E-state index in [9.17, 15) is 8.42 Å². The van der Waals surface area contributed by atoms with E-state index in [1.807, 2.05) is 20.8 Å². The predicted octanol–water partition coefficient (Wildman–Crippen LogP) is 2.58. The van der Waals surface area contributed by atoms with E-state index >= 15 is 0 Å². The Hall–Kier alpha value is -0.200. The van der Waals surface area contributed by atoms with Crippen molar-refractivity contribution in [1.82, 2.24) is 4.72 Å². The van der Waals surface area contributed by atoms with Crippen molar-refractivity contribution in [2.45, 2.75) is 65.3 Å². The Morgan fingerprint density at radius 1 is 1.35 bits per heavy atom. The summed E-state index contributed by atoms with van der Waals surface area (Å²) in [6, 6.07) is 0. The molecule has 0 aromatic carbocycles. The molecule has 1 aliphatic carbocycles. The summed E-state index contributed by atoms with van der Waals surface area (Å²) in [4.78, 5) is 0.281. The molecule has 0 saturated heterocycles. The number of sulfonamides is 1. The molecule has 0 heterocycles. The van der Waals surface area contributed by atoms with Crippen molar-refractivity contribution >= 4 is 27.2 Å². The minimum atomic E-state index is -3.35. The molecular formula is C14H28N2O2S2. The van der Waals surface area contributed by atoms with Gasteiger partial charge in [0.25, 0.3) is 0 Å². The zero-order valence-electron chi connectivity index (χ0n) is 13.0. The lowest BCUT2D eigenvalue weighted by molar-refractivity contribution is 0.288. The molecule has 6 heteroatoms. The summed E-state index contributed by atoms with van der Waals surface area (Å²) in [5.74, 6) is 0.729. The molecule has 0 radical (unpaired) electrons. The minimum absolute atomic E-state index is 0.00772. The summed E-state index contributed by atoms with van der Waals surface area (Å²) >= 11 is 5.14. The van der Waals surface area contributed by atoms with E-state index in [-0.39, 0.29) is 16.2 Å². The predicted molar refractivity (Wildman–Crippen MR) is 88.1 cm³/mol. The van der Waals surface area contributed by atoms with Crippen molar-refractivity contribution in [1.29, 1.82) is 0 Å². The fraction of sp³-hybridized carbons (Fsp3) is 0.929. The summed E-state index contributed by atoms with van der Waals surface area (Å²) < 4.78 is 27.4. The van der Waals surface area contributed by atoms with Gasteiger partial charge in [-0.2, -0.15) is 0 Å². The molecule has 1 rings (SSSR count). The van der Waals surface area contributed by atoms with Crippen LogP contribution in [0.2, 0.25) is 0 Å². The molecule has 0 amide bonds. The summed E-state index contributed by atoms with van der Waals surface area (Å²) in [5.41, 5.74) is 5.12. The Kier molecular flexibility index (Phi) is 5.60. The first-order valence-electron chi connectivity index (χ1n) is 7.27. The van der Waals surface area contributed by atoms with Gasteiger partial charge in [-0.1, -0.05) is 39.9 Å². The molecule has 1 saturated carbocycles. The van der Waals surface area contributed by atoms with Crippen molar-refractivity contribution in [3.05, 3.63) is 0 Å². The molecule has 0 aromatic rings. The smallest absolute Gasteiger partial charge is 0.212 e. The van der Waals surface area contributed by atoms with E-state index in [1.54, 1.807) is 0 Å². The molecule has 0 aliphatic heterocycles. The highest BCUT2D eigenvalue weighted by Gasteiger charge is 2.40. The highest BCUT2D eigenvalue weighted by molar-refractivity contribution is 7.89. The monoisotopic (exact) mass is 320 g/mol. The lowest BCUT2D eigenvalue weighted by atomic mass is 9.78. The van der Waals surface area contributed by atoms with E-state index < -0.39 is 15.6 Å². The van der Waals surface area contributed by atoms with Crippen LogP contribution in [0, 0.1) is 11.3 Å². The first-order chi connectivity index (χ1) is 8.96. The van der Waals surface area contributed by atoms with Crippen molar-refractivity contribution < 1.29 is 8.42 Å². The zero-order valence-corrected chi connectivity index (χ0v) is 14.7. The van der Waals surface area contributed by atoms with Crippen molar-refractivity contribution in [3.8, 4) is 0 Å². The second-order valence-electron chi connectivity index (χ2n) is 7.36. The Morgan fingerprint density at radius 3 is 2.25 bits per heavy atom. The van der Waals surface area contributed by atoms with Gasteiger partial charge in [0.2, 0.25) is 10.0 Å². The maximum Gasteiger partial charge on any atom is 0.212 e. The standard InChI is InChI=1S/C14H28N2O2S2/c1-11-5-7-14(8-6-11,12(15)19)16-20(17,18)10-9-13(2,3)4/h11,16H,5-10H2,1-4H3,(H2,15,19). The molecule has 0 aromatic heterocycles. The summed E-state index contributed by atoms with van der Waals surface area (Å²) in [6.07, 6.45) is 3.95. The average molecular weight is 321 g/mol. The van der Waals surface area contributed by atoms with Crippen LogP contribution in [0.1, 0.15) is 59.8 Å². The second-order valence-corrected chi connectivity index (χ2v) is 9.64. The molecule has 0 bridgehead atoms. The molecule has 118 valence electrons. The second kappa shape index (κ2) is 6.28. The Balaban J connectivity index is 2.78. The molecule has 20 heavy (non-hydrogen) atoms. The van der Waals surface area contributed by atoms with Crippen LogP contribution in [0.25, 0.3) is 0 Å². The molecule has 1 fully saturated rings. The number of nitrogens with one attached hydrogen (secondary N) is 1. The zero-order chi connectivity index (χ0) is 15.6. The van der Waals surface area contributed by atoms with Gasteiger partial charge in [-0.3, -0.25) is 0 Å². The molecule has 1 aliphatic rings. The number of thiocarbonyl (C=S) groups is 1. The normalized spacial score (nSPS) is 28.3. The van der Waals surface area contributed by atoms with E-state index in [0.29, 0.717) is 25.2 Å². The lowest BCUT2D eigenvalue weighted by Crippen LogP contribution is -2.58. The number of hydrogen-bond donors (Lipinski definition) is 2. The van der Waals surface area contributed by atoms with Crippen LogP contribution in [-0.2, 0) is 10.0 Å². The molecule has 4 nitrogen and oxygen atoms in total.